The molecule has 0 saturated heterocycles. The molecular formula is C12H14N2O4. The first-order valence-electron chi connectivity index (χ1n) is 5.83. The number of aromatic carboxylic acids is 1. The topological polar surface area (TPSA) is 83.7 Å². The van der Waals surface area contributed by atoms with Crippen LogP contribution in [0.1, 0.15) is 30.1 Å². The van der Waals surface area contributed by atoms with Gasteiger partial charge >= 0.3 is 11.7 Å². The van der Waals surface area contributed by atoms with Gasteiger partial charge in [0.05, 0.1) is 4.92 Å². The van der Waals surface area contributed by atoms with Gasteiger partial charge in [-0.15, -0.1) is 0 Å². The zero-order chi connectivity index (χ0) is 13.3. The van der Waals surface area contributed by atoms with Crippen LogP contribution in [0.2, 0.25) is 0 Å². The molecule has 1 N–H and O–H groups in total. The van der Waals surface area contributed by atoms with Crippen molar-refractivity contribution in [2.45, 2.75) is 25.8 Å². The second-order valence-corrected chi connectivity index (χ2v) is 4.25. The molecular weight excluding hydrogens is 236 g/mol. The minimum absolute atomic E-state index is 0.253. The average molecular weight is 250 g/mol. The molecule has 1 saturated carbocycles. The normalized spacial score (nSPS) is 14.3. The molecule has 0 radical (unpaired) electrons. The van der Waals surface area contributed by atoms with Crippen LogP contribution >= 0.6 is 0 Å². The summed E-state index contributed by atoms with van der Waals surface area (Å²) < 4.78 is 0. The third-order valence-corrected chi connectivity index (χ3v) is 3.07. The Morgan fingerprint density at radius 3 is 2.67 bits per heavy atom. The van der Waals surface area contributed by atoms with Crippen molar-refractivity contribution in [2.24, 2.45) is 0 Å². The minimum Gasteiger partial charge on any atom is -0.477 e. The molecule has 0 bridgehead atoms. The number of nitro benzene ring substituents is 1. The van der Waals surface area contributed by atoms with E-state index in [9.17, 15) is 14.9 Å². The third-order valence-electron chi connectivity index (χ3n) is 3.07. The zero-order valence-electron chi connectivity index (χ0n) is 10.00. The van der Waals surface area contributed by atoms with Crippen molar-refractivity contribution in [1.82, 2.24) is 0 Å². The van der Waals surface area contributed by atoms with E-state index in [0.717, 1.165) is 12.8 Å². The SMILES string of the molecule is CCN(c1cccc(C(=O)O)c1[N+](=O)[O-])C1CC1. The Kier molecular flexibility index (Phi) is 3.18. The number of carboxylic acids is 1. The van der Waals surface area contributed by atoms with E-state index in [1.54, 1.807) is 12.1 Å². The number of benzene rings is 1. The highest BCUT2D eigenvalue weighted by atomic mass is 16.6. The molecule has 0 aromatic heterocycles. The van der Waals surface area contributed by atoms with E-state index in [1.807, 2.05) is 11.8 Å². The van der Waals surface area contributed by atoms with Crippen LogP contribution in [0.5, 0.6) is 0 Å². The van der Waals surface area contributed by atoms with Crippen LogP contribution in [0, 0.1) is 10.1 Å². The molecule has 0 amide bonds. The number of nitro groups is 1. The number of hydrogen-bond acceptors (Lipinski definition) is 4. The fourth-order valence-electron chi connectivity index (χ4n) is 2.14. The average Bonchev–Trinajstić information content (AvgIpc) is 3.13. The molecule has 0 unspecified atom stereocenters. The quantitative estimate of drug-likeness (QED) is 0.640. The first-order chi connectivity index (χ1) is 8.56. The summed E-state index contributed by atoms with van der Waals surface area (Å²) in [5.74, 6) is -1.27. The van der Waals surface area contributed by atoms with Crippen LogP contribution in [0.25, 0.3) is 0 Å². The maximum absolute atomic E-state index is 11.1. The van der Waals surface area contributed by atoms with Crippen molar-refractivity contribution in [3.8, 4) is 0 Å². The molecule has 0 aliphatic heterocycles. The van der Waals surface area contributed by atoms with E-state index >= 15 is 0 Å². The number of carbonyl (C=O) groups is 1. The molecule has 0 heterocycles. The lowest BCUT2D eigenvalue weighted by atomic mass is 10.1. The lowest BCUT2D eigenvalue weighted by Gasteiger charge is -2.22. The van der Waals surface area contributed by atoms with Crippen LogP contribution in [-0.4, -0.2) is 28.6 Å². The number of rotatable bonds is 5. The molecule has 1 aromatic rings. The highest BCUT2D eigenvalue weighted by molar-refractivity contribution is 5.95. The molecule has 1 aliphatic carbocycles. The minimum atomic E-state index is -1.27. The zero-order valence-corrected chi connectivity index (χ0v) is 10.00. The number of nitrogens with zero attached hydrogens (tertiary/aromatic N) is 2. The van der Waals surface area contributed by atoms with Crippen molar-refractivity contribution in [3.63, 3.8) is 0 Å². The Bertz CT molecular complexity index is 497. The van der Waals surface area contributed by atoms with Gasteiger partial charge in [-0.1, -0.05) is 6.07 Å². The fourth-order valence-corrected chi connectivity index (χ4v) is 2.14. The molecule has 0 atom stereocenters. The summed E-state index contributed by atoms with van der Waals surface area (Å²) in [6.45, 7) is 2.55. The number of para-hydroxylation sites is 1. The van der Waals surface area contributed by atoms with Crippen LogP contribution in [0.3, 0.4) is 0 Å². The van der Waals surface area contributed by atoms with Crippen LogP contribution < -0.4 is 4.90 Å². The maximum Gasteiger partial charge on any atom is 0.342 e. The van der Waals surface area contributed by atoms with E-state index in [1.165, 1.54) is 6.07 Å². The molecule has 18 heavy (non-hydrogen) atoms. The van der Waals surface area contributed by atoms with Gasteiger partial charge in [-0.2, -0.15) is 0 Å². The van der Waals surface area contributed by atoms with Gasteiger partial charge < -0.3 is 10.0 Å². The largest absolute Gasteiger partial charge is 0.477 e. The van der Waals surface area contributed by atoms with Crippen molar-refractivity contribution in [3.05, 3.63) is 33.9 Å². The predicted octanol–water partition coefficient (Wildman–Crippen LogP) is 2.28. The molecule has 1 aliphatic rings. The van der Waals surface area contributed by atoms with Gasteiger partial charge in [0.15, 0.2) is 0 Å². The van der Waals surface area contributed by atoms with Crippen molar-refractivity contribution in [2.75, 3.05) is 11.4 Å². The molecule has 1 aromatic carbocycles. The fraction of sp³-hybridized carbons (Fsp3) is 0.417. The first kappa shape index (κ1) is 12.3. The van der Waals surface area contributed by atoms with E-state index in [0.29, 0.717) is 18.3 Å². The summed E-state index contributed by atoms with van der Waals surface area (Å²) in [6, 6.07) is 4.74. The molecule has 96 valence electrons. The Balaban J connectivity index is 2.54. The van der Waals surface area contributed by atoms with E-state index in [4.69, 9.17) is 5.11 Å². The monoisotopic (exact) mass is 250 g/mol. The molecule has 2 rings (SSSR count). The Labute approximate surface area is 104 Å². The second-order valence-electron chi connectivity index (χ2n) is 4.25. The van der Waals surface area contributed by atoms with Gasteiger partial charge in [0, 0.05) is 12.6 Å². The van der Waals surface area contributed by atoms with Crippen LogP contribution in [0.4, 0.5) is 11.4 Å². The number of carboxylic acid groups (broad SMARTS) is 1. The smallest absolute Gasteiger partial charge is 0.342 e. The van der Waals surface area contributed by atoms with Crippen molar-refractivity contribution >= 4 is 17.3 Å². The third kappa shape index (κ3) is 2.13. The lowest BCUT2D eigenvalue weighted by Crippen LogP contribution is -2.26. The summed E-state index contributed by atoms with van der Waals surface area (Å²) in [7, 11) is 0. The summed E-state index contributed by atoms with van der Waals surface area (Å²) in [5.41, 5.74) is -0.153. The predicted molar refractivity (Wildman–Crippen MR) is 66.1 cm³/mol. The summed E-state index contributed by atoms with van der Waals surface area (Å²) >= 11 is 0. The van der Waals surface area contributed by atoms with Gasteiger partial charge in [-0.3, -0.25) is 10.1 Å². The Hall–Kier alpha value is -2.11. The lowest BCUT2D eigenvalue weighted by molar-refractivity contribution is -0.384. The van der Waals surface area contributed by atoms with Gasteiger partial charge in [0.25, 0.3) is 0 Å². The van der Waals surface area contributed by atoms with Gasteiger partial charge in [0.2, 0.25) is 0 Å². The van der Waals surface area contributed by atoms with Gasteiger partial charge in [0.1, 0.15) is 11.3 Å². The maximum atomic E-state index is 11.1. The number of hydrogen-bond donors (Lipinski definition) is 1. The summed E-state index contributed by atoms with van der Waals surface area (Å²) in [4.78, 5) is 23.5. The van der Waals surface area contributed by atoms with Crippen LogP contribution in [0.15, 0.2) is 18.2 Å². The highest BCUT2D eigenvalue weighted by Crippen LogP contribution is 2.38. The van der Waals surface area contributed by atoms with E-state index in [2.05, 4.69) is 0 Å². The Morgan fingerprint density at radius 2 is 2.22 bits per heavy atom. The first-order valence-corrected chi connectivity index (χ1v) is 5.83. The molecule has 6 heteroatoms. The molecule has 0 spiro atoms. The van der Waals surface area contributed by atoms with Crippen LogP contribution in [-0.2, 0) is 0 Å². The van der Waals surface area contributed by atoms with E-state index in [-0.39, 0.29) is 11.3 Å². The molecule has 1 fully saturated rings. The van der Waals surface area contributed by atoms with Crippen molar-refractivity contribution < 1.29 is 14.8 Å². The highest BCUT2D eigenvalue weighted by Gasteiger charge is 2.34. The molecule has 6 nitrogen and oxygen atoms in total. The number of anilines is 1. The van der Waals surface area contributed by atoms with E-state index < -0.39 is 10.9 Å². The van der Waals surface area contributed by atoms with Gasteiger partial charge in [-0.25, -0.2) is 4.79 Å². The standard InChI is InChI=1S/C12H14N2O4/c1-2-13(8-6-7-8)10-5-3-4-9(12(15)16)11(10)14(17)18/h3-5,8H,2,6-7H2,1H3,(H,15,16). The summed E-state index contributed by atoms with van der Waals surface area (Å²) in [5, 5.41) is 20.2. The van der Waals surface area contributed by atoms with Gasteiger partial charge in [-0.05, 0) is 31.9 Å². The Morgan fingerprint density at radius 1 is 1.56 bits per heavy atom. The summed E-state index contributed by atoms with van der Waals surface area (Å²) in [6.07, 6.45) is 2.00. The second kappa shape index (κ2) is 4.64. The van der Waals surface area contributed by atoms with Crippen molar-refractivity contribution in [1.29, 1.82) is 0 Å².